The van der Waals surface area contributed by atoms with Gasteiger partial charge in [0.05, 0.1) is 5.39 Å². The lowest BCUT2D eigenvalue weighted by molar-refractivity contribution is 0.333. The fourth-order valence-electron chi connectivity index (χ4n) is 2.47. The third kappa shape index (κ3) is 2.93. The number of hydrogen-bond donors (Lipinski definition) is 1. The van der Waals surface area contributed by atoms with Crippen LogP contribution in [-0.4, -0.2) is 12.1 Å². The maximum Gasteiger partial charge on any atom is 0.560 e. The third-order valence-corrected chi connectivity index (χ3v) is 3.79. The monoisotopic (exact) mass is 410 g/mol. The molecule has 0 saturated heterocycles. The van der Waals surface area contributed by atoms with E-state index in [1.54, 1.807) is 0 Å². The van der Waals surface area contributed by atoms with Gasteiger partial charge in [-0.2, -0.15) is 8.78 Å². The van der Waals surface area contributed by atoms with Crippen LogP contribution in [0.5, 0.6) is 5.75 Å². The highest BCUT2D eigenvalue weighted by molar-refractivity contribution is 6.63. The van der Waals surface area contributed by atoms with Crippen LogP contribution in [0.15, 0.2) is 18.2 Å². The summed E-state index contributed by atoms with van der Waals surface area (Å²) >= 11 is 0. The van der Waals surface area contributed by atoms with Gasteiger partial charge >= 0.3 is 7.12 Å². The molecule has 0 radical (unpaired) electrons. The molecule has 0 aliphatic heterocycles. The molecule has 0 aliphatic carbocycles. The van der Waals surface area contributed by atoms with Gasteiger partial charge in [-0.25, -0.2) is 30.7 Å². The molecule has 0 amide bonds. The van der Waals surface area contributed by atoms with E-state index in [1.165, 1.54) is 0 Å². The van der Waals surface area contributed by atoms with Gasteiger partial charge in [0.25, 0.3) is 0 Å². The molecule has 0 unspecified atom stereocenters. The Morgan fingerprint density at radius 2 is 1.18 bits per heavy atom. The first kappa shape index (κ1) is 19.9. The van der Waals surface area contributed by atoms with Crippen molar-refractivity contribution < 1.29 is 49.2 Å². The first-order valence-electron chi connectivity index (χ1n) is 7.18. The van der Waals surface area contributed by atoms with Crippen molar-refractivity contribution in [3.63, 3.8) is 0 Å². The van der Waals surface area contributed by atoms with E-state index in [4.69, 9.17) is 0 Å². The summed E-state index contributed by atoms with van der Waals surface area (Å²) < 4.78 is 125. The summed E-state index contributed by atoms with van der Waals surface area (Å²) in [4.78, 5) is 0. The molecule has 12 heteroatoms. The van der Waals surface area contributed by atoms with Crippen molar-refractivity contribution in [3.8, 4) is 5.75 Å². The average molecular weight is 410 g/mol. The molecule has 3 aromatic rings. The van der Waals surface area contributed by atoms with E-state index >= 15 is 0 Å². The molecule has 0 aliphatic rings. The van der Waals surface area contributed by atoms with Gasteiger partial charge in [-0.15, -0.1) is 0 Å². The first-order valence-corrected chi connectivity index (χ1v) is 7.18. The van der Waals surface area contributed by atoms with Gasteiger partial charge in [-0.1, -0.05) is 6.07 Å². The summed E-state index contributed by atoms with van der Waals surface area (Å²) in [5.74, 6) is -21.1. The normalized spacial score (nSPS) is 11.2. The van der Waals surface area contributed by atoms with Gasteiger partial charge in [0, 0.05) is 5.46 Å². The average Bonchev–Trinajstić information content (AvgIpc) is 2.66. The van der Waals surface area contributed by atoms with Crippen LogP contribution >= 0.6 is 0 Å². The Hall–Kier alpha value is -2.89. The van der Waals surface area contributed by atoms with Crippen molar-refractivity contribution in [2.24, 2.45) is 0 Å². The summed E-state index contributed by atoms with van der Waals surface area (Å²) in [6, 6.07) is 1.41. The van der Waals surface area contributed by atoms with Gasteiger partial charge in [-0.3, -0.25) is 0 Å². The van der Waals surface area contributed by atoms with E-state index in [2.05, 4.69) is 4.65 Å². The van der Waals surface area contributed by atoms with Crippen LogP contribution < -0.4 is 10.1 Å². The molecule has 0 fully saturated rings. The van der Waals surface area contributed by atoms with E-state index in [9.17, 15) is 44.5 Å². The standard InChI is InChI=1S/C16H4BF9O2/c18-6-2-1-5(4-3-7(19)9(20)10(21)8(4)6)17(27)28-16-14(25)12(23)11(22)13(24)15(16)26/h1-3,27H. The van der Waals surface area contributed by atoms with Crippen molar-refractivity contribution in [2.45, 2.75) is 0 Å². The third-order valence-electron chi connectivity index (χ3n) is 3.79. The van der Waals surface area contributed by atoms with E-state index < -0.39 is 81.5 Å². The van der Waals surface area contributed by atoms with E-state index in [0.717, 1.165) is 0 Å². The molecular weight excluding hydrogens is 406 g/mol. The van der Waals surface area contributed by atoms with Crippen LogP contribution in [0.2, 0.25) is 0 Å². The highest BCUT2D eigenvalue weighted by Crippen LogP contribution is 2.30. The number of fused-ring (bicyclic) bond motifs is 1. The molecule has 0 bridgehead atoms. The maximum atomic E-state index is 13.8. The van der Waals surface area contributed by atoms with Gasteiger partial charge in [0.15, 0.2) is 23.2 Å². The molecule has 0 atom stereocenters. The summed E-state index contributed by atoms with van der Waals surface area (Å²) in [5, 5.41) is 8.03. The second kappa shape index (κ2) is 6.93. The molecule has 0 heterocycles. The summed E-state index contributed by atoms with van der Waals surface area (Å²) in [6.45, 7) is 0. The molecule has 0 saturated carbocycles. The molecule has 0 aromatic heterocycles. The highest BCUT2D eigenvalue weighted by Gasteiger charge is 2.32. The molecule has 28 heavy (non-hydrogen) atoms. The van der Waals surface area contributed by atoms with Gasteiger partial charge in [0.2, 0.25) is 29.1 Å². The molecule has 1 N–H and O–H groups in total. The second-order valence-electron chi connectivity index (χ2n) is 5.41. The topological polar surface area (TPSA) is 29.5 Å². The number of rotatable bonds is 3. The molecule has 3 rings (SSSR count). The van der Waals surface area contributed by atoms with Crippen LogP contribution in [0.3, 0.4) is 0 Å². The Kier molecular flexibility index (Phi) is 4.92. The minimum atomic E-state index is -2.57. The molecular formula is C16H4BF9O2. The van der Waals surface area contributed by atoms with Crippen molar-refractivity contribution in [1.82, 2.24) is 0 Å². The van der Waals surface area contributed by atoms with Crippen LogP contribution in [0.4, 0.5) is 39.5 Å². The van der Waals surface area contributed by atoms with Gasteiger partial charge < -0.3 is 9.68 Å². The summed E-state index contributed by atoms with van der Waals surface area (Å²) in [5.41, 5.74) is -0.738. The Morgan fingerprint density at radius 1 is 0.643 bits per heavy atom. The Balaban J connectivity index is 2.17. The zero-order valence-electron chi connectivity index (χ0n) is 13.1. The Bertz CT molecular complexity index is 1090. The fraction of sp³-hybridized carbons (Fsp3) is 0. The quantitative estimate of drug-likeness (QED) is 0.308. The van der Waals surface area contributed by atoms with Gasteiger partial charge in [0.1, 0.15) is 5.82 Å². The van der Waals surface area contributed by atoms with E-state index in [0.29, 0.717) is 12.1 Å². The second-order valence-corrected chi connectivity index (χ2v) is 5.41. The minimum absolute atomic E-state index is 0.261. The van der Waals surface area contributed by atoms with Gasteiger partial charge in [-0.05, 0) is 17.5 Å². The largest absolute Gasteiger partial charge is 0.560 e. The molecule has 146 valence electrons. The number of hydrogen-bond acceptors (Lipinski definition) is 2. The summed E-state index contributed by atoms with van der Waals surface area (Å²) in [7, 11) is -2.57. The maximum absolute atomic E-state index is 13.8. The first-order chi connectivity index (χ1) is 13.1. The zero-order chi connectivity index (χ0) is 20.9. The smallest absolute Gasteiger partial charge is 0.528 e. The predicted octanol–water partition coefficient (Wildman–Crippen LogP) is 3.86. The number of halogens is 9. The van der Waals surface area contributed by atoms with Crippen LogP contribution in [-0.2, 0) is 0 Å². The zero-order valence-corrected chi connectivity index (χ0v) is 13.1. The molecule has 0 spiro atoms. The van der Waals surface area contributed by atoms with Crippen molar-refractivity contribution >= 4 is 23.4 Å². The summed E-state index contributed by atoms with van der Waals surface area (Å²) in [6.07, 6.45) is 0. The lowest BCUT2D eigenvalue weighted by atomic mass is 9.76. The molecule has 2 nitrogen and oxygen atoms in total. The van der Waals surface area contributed by atoms with Crippen molar-refractivity contribution in [2.75, 3.05) is 0 Å². The molecule has 3 aromatic carbocycles. The van der Waals surface area contributed by atoms with E-state index in [-0.39, 0.29) is 6.07 Å². The fourth-order valence-corrected chi connectivity index (χ4v) is 2.47. The van der Waals surface area contributed by atoms with Crippen molar-refractivity contribution in [1.29, 1.82) is 0 Å². The number of benzene rings is 3. The Labute approximate surface area is 149 Å². The van der Waals surface area contributed by atoms with E-state index in [1.807, 2.05) is 0 Å². The van der Waals surface area contributed by atoms with Crippen LogP contribution in [0.1, 0.15) is 0 Å². The lowest BCUT2D eigenvalue weighted by Crippen LogP contribution is -2.38. The lowest BCUT2D eigenvalue weighted by Gasteiger charge is -2.15. The minimum Gasteiger partial charge on any atom is -0.528 e. The predicted molar refractivity (Wildman–Crippen MR) is 78.2 cm³/mol. The Morgan fingerprint density at radius 3 is 1.75 bits per heavy atom. The van der Waals surface area contributed by atoms with Crippen LogP contribution in [0, 0.1) is 52.4 Å². The highest BCUT2D eigenvalue weighted by atomic mass is 19.2. The van der Waals surface area contributed by atoms with Crippen LogP contribution in [0.25, 0.3) is 10.8 Å². The SMILES string of the molecule is OB(Oc1c(F)c(F)c(F)c(F)c1F)c1ccc(F)c2c(F)c(F)c(F)cc12. The van der Waals surface area contributed by atoms with Crippen molar-refractivity contribution in [3.05, 3.63) is 70.6 Å².